The smallest absolute Gasteiger partial charge is 0.163 e. The minimum Gasteiger partial charge on any atom is -0.344 e. The summed E-state index contributed by atoms with van der Waals surface area (Å²) in [5, 5.41) is 4.66. The molecule has 2 aromatic rings. The molecule has 5 atom stereocenters. The van der Waals surface area contributed by atoms with Crippen LogP contribution in [0.25, 0.3) is 10.9 Å². The number of halogens is 2. The molecule has 0 spiro atoms. The Kier molecular flexibility index (Phi) is 7.52. The van der Waals surface area contributed by atoms with Crippen LogP contribution in [-0.2, 0) is 15.9 Å². The van der Waals surface area contributed by atoms with Crippen molar-refractivity contribution in [2.45, 2.75) is 76.7 Å². The molecule has 0 bridgehead atoms. The Bertz CT molecular complexity index is 1220. The van der Waals surface area contributed by atoms with Gasteiger partial charge in [0.25, 0.3) is 0 Å². The number of hydrogen-bond acceptors (Lipinski definition) is 5. The van der Waals surface area contributed by atoms with Gasteiger partial charge in [0.1, 0.15) is 23.4 Å². The molecule has 1 aromatic heterocycles. The largest absolute Gasteiger partial charge is 0.344 e. The first-order chi connectivity index (χ1) is 17.2. The van der Waals surface area contributed by atoms with E-state index in [0.29, 0.717) is 11.1 Å². The number of hydrogen-bond donors (Lipinski definition) is 1. The first-order valence-corrected chi connectivity index (χ1v) is 13.7. The van der Waals surface area contributed by atoms with Crippen LogP contribution < -0.4 is 5.32 Å². The van der Waals surface area contributed by atoms with E-state index in [4.69, 9.17) is 21.1 Å². The molecule has 5 rings (SSSR count). The van der Waals surface area contributed by atoms with E-state index in [2.05, 4.69) is 71.6 Å². The van der Waals surface area contributed by atoms with Crippen LogP contribution >= 0.6 is 27.5 Å². The lowest BCUT2D eigenvalue weighted by Crippen LogP contribution is -2.42. The Morgan fingerprint density at radius 1 is 1.31 bits per heavy atom. The van der Waals surface area contributed by atoms with E-state index < -0.39 is 5.79 Å². The topological polar surface area (TPSA) is 71.3 Å². The average molecular weight is 575 g/mol. The SMILES string of the molecule is CNC(C)N=CN=C1CC=CN1[C@@H]1C[C@H](CCc2ccc3cc(Br)c(Cl)nc3c2)[C@H]2OC(C)(C)O[C@H]21. The van der Waals surface area contributed by atoms with Gasteiger partial charge in [0.05, 0.1) is 28.3 Å². The van der Waals surface area contributed by atoms with E-state index in [1.807, 2.05) is 33.9 Å². The number of aryl methyl sites for hydroxylation is 1. The molecule has 192 valence electrons. The molecule has 1 aliphatic carbocycles. The van der Waals surface area contributed by atoms with Crippen molar-refractivity contribution in [3.63, 3.8) is 0 Å². The van der Waals surface area contributed by atoms with Gasteiger partial charge in [-0.05, 0) is 86.6 Å². The first kappa shape index (κ1) is 25.8. The van der Waals surface area contributed by atoms with Crippen LogP contribution in [-0.4, -0.2) is 59.3 Å². The fraction of sp³-hybridized carbons (Fsp3) is 0.519. The van der Waals surface area contributed by atoms with Crippen molar-refractivity contribution in [1.29, 1.82) is 0 Å². The van der Waals surface area contributed by atoms with Gasteiger partial charge in [-0.25, -0.2) is 9.98 Å². The number of nitrogens with zero attached hydrogens (tertiary/aromatic N) is 4. The predicted octanol–water partition coefficient (Wildman–Crippen LogP) is 5.70. The summed E-state index contributed by atoms with van der Waals surface area (Å²) >= 11 is 9.69. The summed E-state index contributed by atoms with van der Waals surface area (Å²) < 4.78 is 13.7. The van der Waals surface area contributed by atoms with Crippen molar-refractivity contribution in [3.05, 3.63) is 51.7 Å². The Morgan fingerprint density at radius 3 is 2.92 bits per heavy atom. The number of nitrogens with one attached hydrogen (secondary N) is 1. The third-order valence-corrected chi connectivity index (χ3v) is 8.41. The number of fused-ring (bicyclic) bond motifs is 2. The number of aliphatic imine (C=N–C) groups is 2. The third-order valence-electron chi connectivity index (χ3n) is 7.28. The Morgan fingerprint density at radius 2 is 2.11 bits per heavy atom. The molecule has 3 heterocycles. The lowest BCUT2D eigenvalue weighted by atomic mass is 9.95. The van der Waals surface area contributed by atoms with Gasteiger partial charge >= 0.3 is 0 Å². The molecular formula is C27H33BrClN5O2. The number of ether oxygens (including phenoxy) is 2. The molecule has 36 heavy (non-hydrogen) atoms. The Balaban J connectivity index is 1.32. The summed E-state index contributed by atoms with van der Waals surface area (Å²) in [5.41, 5.74) is 2.17. The standard InChI is InChI=1S/C27H33BrClN5O2/c1-16(30-4)31-15-32-23-6-5-11-34(23)22-14-19(24-25(22)36-27(2,3)35-24)10-8-17-7-9-18-13-20(28)26(29)33-21(18)12-17/h5,7,9,11-13,15-16,19,22,24-25,30H,6,8,10,14H2,1-4H3/t16?,19-,22+,24+,25-/m0/s1. The number of benzene rings is 1. The fourth-order valence-electron chi connectivity index (χ4n) is 5.44. The maximum Gasteiger partial charge on any atom is 0.163 e. The average Bonchev–Trinajstić information content (AvgIpc) is 3.51. The van der Waals surface area contributed by atoms with Crippen molar-refractivity contribution >= 4 is 50.6 Å². The van der Waals surface area contributed by atoms with Gasteiger partial charge in [-0.2, -0.15) is 0 Å². The summed E-state index contributed by atoms with van der Waals surface area (Å²) in [5.74, 6) is 0.795. The molecule has 7 nitrogen and oxygen atoms in total. The van der Waals surface area contributed by atoms with Crippen molar-refractivity contribution in [3.8, 4) is 0 Å². The van der Waals surface area contributed by atoms with E-state index in [0.717, 1.165) is 46.9 Å². The second-order valence-electron chi connectivity index (χ2n) is 10.2. The number of pyridine rings is 1. The highest BCUT2D eigenvalue weighted by molar-refractivity contribution is 9.10. The first-order valence-electron chi connectivity index (χ1n) is 12.5. The van der Waals surface area contributed by atoms with Crippen molar-refractivity contribution in [1.82, 2.24) is 15.2 Å². The molecule has 1 aromatic carbocycles. The third kappa shape index (κ3) is 5.38. The van der Waals surface area contributed by atoms with Crippen LogP contribution in [0.15, 0.2) is 51.0 Å². The lowest BCUT2D eigenvalue weighted by molar-refractivity contribution is -0.160. The summed E-state index contributed by atoms with van der Waals surface area (Å²) in [6.07, 6.45) is 9.80. The second kappa shape index (κ2) is 10.5. The molecule has 1 saturated heterocycles. The Hall–Kier alpha value is -1.84. The van der Waals surface area contributed by atoms with Crippen LogP contribution in [0, 0.1) is 5.92 Å². The highest BCUT2D eigenvalue weighted by Gasteiger charge is 2.55. The van der Waals surface area contributed by atoms with E-state index in [9.17, 15) is 0 Å². The number of aromatic nitrogens is 1. The minimum absolute atomic E-state index is 0.000507. The fourth-order valence-corrected chi connectivity index (χ4v) is 5.92. The van der Waals surface area contributed by atoms with Gasteiger partial charge in [0.15, 0.2) is 5.79 Å². The maximum absolute atomic E-state index is 6.44. The zero-order chi connectivity index (χ0) is 25.4. The van der Waals surface area contributed by atoms with E-state index in [1.165, 1.54) is 5.56 Å². The second-order valence-corrected chi connectivity index (χ2v) is 11.4. The van der Waals surface area contributed by atoms with Crippen LogP contribution in [0.1, 0.15) is 45.6 Å². The maximum atomic E-state index is 6.44. The molecule has 1 unspecified atom stereocenters. The zero-order valence-electron chi connectivity index (χ0n) is 21.1. The van der Waals surface area contributed by atoms with E-state index in [1.54, 1.807) is 6.34 Å². The summed E-state index contributed by atoms with van der Waals surface area (Å²) in [6.45, 7) is 6.02. The molecule has 1 N–H and O–H groups in total. The molecule has 0 amide bonds. The highest BCUT2D eigenvalue weighted by atomic mass is 79.9. The van der Waals surface area contributed by atoms with Gasteiger partial charge in [0.2, 0.25) is 0 Å². The van der Waals surface area contributed by atoms with Gasteiger partial charge < -0.3 is 14.4 Å². The van der Waals surface area contributed by atoms with E-state index in [-0.39, 0.29) is 24.4 Å². The van der Waals surface area contributed by atoms with Crippen molar-refractivity contribution < 1.29 is 9.47 Å². The zero-order valence-corrected chi connectivity index (χ0v) is 23.5. The Labute approximate surface area is 226 Å². The van der Waals surface area contributed by atoms with Gasteiger partial charge in [0, 0.05) is 18.0 Å². The highest BCUT2D eigenvalue weighted by Crippen LogP contribution is 2.46. The molecule has 9 heteroatoms. The van der Waals surface area contributed by atoms with Crippen LogP contribution in [0.3, 0.4) is 0 Å². The lowest BCUT2D eigenvalue weighted by Gasteiger charge is -2.30. The number of rotatable bonds is 7. The predicted molar refractivity (Wildman–Crippen MR) is 149 cm³/mol. The van der Waals surface area contributed by atoms with Gasteiger partial charge in [-0.15, -0.1) is 0 Å². The summed E-state index contributed by atoms with van der Waals surface area (Å²) in [6, 6.07) is 8.64. The normalized spacial score (nSPS) is 29.2. The van der Waals surface area contributed by atoms with Gasteiger partial charge in [-0.3, -0.25) is 10.3 Å². The molecule has 2 aliphatic heterocycles. The summed E-state index contributed by atoms with van der Waals surface area (Å²) in [4.78, 5) is 15.9. The van der Waals surface area contributed by atoms with Crippen molar-refractivity contribution in [2.75, 3.05) is 7.05 Å². The molecule has 2 fully saturated rings. The molecular weight excluding hydrogens is 542 g/mol. The van der Waals surface area contributed by atoms with E-state index >= 15 is 0 Å². The molecule has 3 aliphatic rings. The van der Waals surface area contributed by atoms with Crippen molar-refractivity contribution in [2.24, 2.45) is 15.9 Å². The van der Waals surface area contributed by atoms with Gasteiger partial charge in [-0.1, -0.05) is 29.8 Å². The molecule has 0 radical (unpaired) electrons. The van der Waals surface area contributed by atoms with Crippen LogP contribution in [0.4, 0.5) is 0 Å². The van der Waals surface area contributed by atoms with Crippen LogP contribution in [0.5, 0.6) is 0 Å². The van der Waals surface area contributed by atoms with Crippen LogP contribution in [0.2, 0.25) is 5.15 Å². The number of amidine groups is 1. The monoisotopic (exact) mass is 573 g/mol. The quantitative estimate of drug-likeness (QED) is 0.261. The summed E-state index contributed by atoms with van der Waals surface area (Å²) in [7, 11) is 1.89. The minimum atomic E-state index is -0.590. The molecule has 1 saturated carbocycles.